The second kappa shape index (κ2) is 19.3. The zero-order chi connectivity index (χ0) is 19.4. The Kier molecular flexibility index (Phi) is 17.8. The lowest BCUT2D eigenvalue weighted by molar-refractivity contribution is 0.550. The molecular formula is C24H48N2S. The van der Waals surface area contributed by atoms with Crippen molar-refractivity contribution in [2.75, 3.05) is 0 Å². The maximum absolute atomic E-state index is 4.53. The van der Waals surface area contributed by atoms with Crippen molar-refractivity contribution in [2.24, 2.45) is 10.2 Å². The van der Waals surface area contributed by atoms with E-state index in [1.807, 2.05) is 11.8 Å². The Morgan fingerprint density at radius 3 is 1.07 bits per heavy atom. The van der Waals surface area contributed by atoms with Gasteiger partial charge in [-0.3, -0.25) is 0 Å². The first-order valence-electron chi connectivity index (χ1n) is 12.4. The molecule has 0 saturated carbocycles. The molecule has 1 aliphatic heterocycles. The molecule has 0 bridgehead atoms. The zero-order valence-electron chi connectivity index (χ0n) is 18.6. The smallest absolute Gasteiger partial charge is 0.118 e. The highest BCUT2D eigenvalue weighted by atomic mass is 32.2. The van der Waals surface area contributed by atoms with Gasteiger partial charge in [0.25, 0.3) is 0 Å². The van der Waals surface area contributed by atoms with Crippen molar-refractivity contribution in [3.63, 3.8) is 0 Å². The van der Waals surface area contributed by atoms with Gasteiger partial charge < -0.3 is 0 Å². The maximum Gasteiger partial charge on any atom is 0.118 e. The normalized spacial score (nSPS) is 19.2. The molecular weight excluding hydrogens is 348 g/mol. The first-order valence-corrected chi connectivity index (χ1v) is 13.4. The lowest BCUT2D eigenvalue weighted by Gasteiger charge is -2.08. The van der Waals surface area contributed by atoms with Gasteiger partial charge in [-0.05, 0) is 12.8 Å². The fourth-order valence-electron chi connectivity index (χ4n) is 3.90. The van der Waals surface area contributed by atoms with Crippen LogP contribution in [-0.4, -0.2) is 10.7 Å². The summed E-state index contributed by atoms with van der Waals surface area (Å²) in [5.74, 6) is 0. The van der Waals surface area contributed by atoms with Crippen molar-refractivity contribution in [2.45, 2.75) is 153 Å². The summed E-state index contributed by atoms with van der Waals surface area (Å²) in [6.45, 7) is 4.58. The third kappa shape index (κ3) is 15.5. The van der Waals surface area contributed by atoms with E-state index in [2.05, 4.69) is 24.1 Å². The lowest BCUT2D eigenvalue weighted by Crippen LogP contribution is -2.00. The van der Waals surface area contributed by atoms with Gasteiger partial charge in [-0.15, -0.1) is 11.8 Å². The Morgan fingerprint density at radius 1 is 0.444 bits per heavy atom. The second-order valence-corrected chi connectivity index (χ2v) is 9.87. The van der Waals surface area contributed by atoms with Crippen LogP contribution in [0.25, 0.3) is 0 Å². The van der Waals surface area contributed by atoms with Crippen molar-refractivity contribution in [3.8, 4) is 0 Å². The number of hydrogen-bond acceptors (Lipinski definition) is 3. The highest BCUT2D eigenvalue weighted by Crippen LogP contribution is 2.34. The van der Waals surface area contributed by atoms with Crippen molar-refractivity contribution >= 4 is 11.8 Å². The predicted octanol–water partition coefficient (Wildman–Crippen LogP) is 9.68. The average molecular weight is 397 g/mol. The van der Waals surface area contributed by atoms with E-state index in [9.17, 15) is 0 Å². The molecule has 2 atom stereocenters. The number of nitrogens with zero attached hydrogens (tertiary/aromatic N) is 2. The molecule has 0 amide bonds. The Labute approximate surface area is 175 Å². The highest BCUT2D eigenvalue weighted by Gasteiger charge is 2.21. The Morgan fingerprint density at radius 2 is 0.741 bits per heavy atom. The van der Waals surface area contributed by atoms with Crippen LogP contribution in [0.3, 0.4) is 0 Å². The lowest BCUT2D eigenvalue weighted by atomic mass is 10.1. The van der Waals surface area contributed by atoms with Crippen molar-refractivity contribution in [1.29, 1.82) is 0 Å². The van der Waals surface area contributed by atoms with Crippen LogP contribution in [0.4, 0.5) is 0 Å². The molecule has 0 spiro atoms. The molecule has 1 heterocycles. The van der Waals surface area contributed by atoms with Crippen LogP contribution in [0.1, 0.15) is 142 Å². The number of unbranched alkanes of at least 4 members (excludes halogenated alkanes) is 16. The number of thioether (sulfide) groups is 1. The summed E-state index contributed by atoms with van der Waals surface area (Å²) < 4.78 is 0. The minimum atomic E-state index is 0.470. The standard InChI is InChI=1S/C24H48N2S/c1-3-5-7-9-11-13-15-17-19-21-23-25-26-24(27-23)22-20-18-16-14-12-10-8-6-4-2/h23-24H,3-22H2,1-2H3/t23-,24+. The van der Waals surface area contributed by atoms with E-state index < -0.39 is 0 Å². The van der Waals surface area contributed by atoms with Crippen LogP contribution in [-0.2, 0) is 0 Å². The Bertz CT molecular complexity index is 302. The van der Waals surface area contributed by atoms with Crippen LogP contribution in [0.5, 0.6) is 0 Å². The summed E-state index contributed by atoms with van der Waals surface area (Å²) in [5.41, 5.74) is 0. The molecule has 0 aromatic carbocycles. The Balaban J connectivity index is 1.82. The topological polar surface area (TPSA) is 24.7 Å². The summed E-state index contributed by atoms with van der Waals surface area (Å²) in [5, 5.41) is 10.0. The van der Waals surface area contributed by atoms with E-state index in [0.717, 1.165) is 0 Å². The van der Waals surface area contributed by atoms with Gasteiger partial charge in [-0.1, -0.05) is 129 Å². The monoisotopic (exact) mass is 396 g/mol. The van der Waals surface area contributed by atoms with Gasteiger partial charge in [-0.25, -0.2) is 0 Å². The van der Waals surface area contributed by atoms with Gasteiger partial charge in [0.15, 0.2) is 0 Å². The van der Waals surface area contributed by atoms with Crippen LogP contribution in [0.2, 0.25) is 0 Å². The summed E-state index contributed by atoms with van der Waals surface area (Å²) in [7, 11) is 0. The molecule has 2 nitrogen and oxygen atoms in total. The van der Waals surface area contributed by atoms with Gasteiger partial charge in [0, 0.05) is 0 Å². The van der Waals surface area contributed by atoms with Gasteiger partial charge in [0.05, 0.1) is 0 Å². The number of hydrogen-bond donors (Lipinski definition) is 0. The van der Waals surface area contributed by atoms with E-state index in [4.69, 9.17) is 0 Å². The van der Waals surface area contributed by atoms with Crippen molar-refractivity contribution < 1.29 is 0 Å². The SMILES string of the molecule is CCCCCCCCCCC[C@@H]1N=N[C@H](CCCCCCCCCCC)S1. The molecule has 0 unspecified atom stereocenters. The zero-order valence-corrected chi connectivity index (χ0v) is 19.4. The quantitative estimate of drug-likeness (QED) is 0.188. The van der Waals surface area contributed by atoms with Crippen LogP contribution in [0.15, 0.2) is 10.2 Å². The van der Waals surface area contributed by atoms with Crippen LogP contribution in [0, 0.1) is 0 Å². The molecule has 27 heavy (non-hydrogen) atoms. The minimum absolute atomic E-state index is 0.470. The van der Waals surface area contributed by atoms with E-state index in [0.29, 0.717) is 10.7 Å². The molecule has 0 fully saturated rings. The van der Waals surface area contributed by atoms with E-state index >= 15 is 0 Å². The first kappa shape index (κ1) is 25.0. The molecule has 0 aliphatic carbocycles. The largest absolute Gasteiger partial charge is 0.179 e. The van der Waals surface area contributed by atoms with Gasteiger partial charge in [0.1, 0.15) is 10.7 Å². The molecule has 3 heteroatoms. The summed E-state index contributed by atoms with van der Waals surface area (Å²) in [6, 6.07) is 0. The first-order chi connectivity index (χ1) is 13.4. The highest BCUT2D eigenvalue weighted by molar-refractivity contribution is 8.00. The van der Waals surface area contributed by atoms with Gasteiger partial charge in [-0.2, -0.15) is 10.2 Å². The molecule has 0 N–H and O–H groups in total. The Hall–Kier alpha value is -0.0500. The molecule has 160 valence electrons. The number of azo groups is 1. The third-order valence-corrected chi connectivity index (χ3v) is 7.04. The second-order valence-electron chi connectivity index (χ2n) is 8.51. The molecule has 1 aliphatic rings. The fourth-order valence-corrected chi connectivity index (χ4v) is 5.08. The molecule has 0 aromatic heterocycles. The van der Waals surface area contributed by atoms with E-state index in [-0.39, 0.29) is 0 Å². The molecule has 0 aromatic rings. The number of rotatable bonds is 20. The van der Waals surface area contributed by atoms with E-state index in [1.165, 1.54) is 128 Å². The van der Waals surface area contributed by atoms with Crippen LogP contribution >= 0.6 is 11.8 Å². The third-order valence-electron chi connectivity index (χ3n) is 5.75. The van der Waals surface area contributed by atoms with Crippen molar-refractivity contribution in [3.05, 3.63) is 0 Å². The van der Waals surface area contributed by atoms with Gasteiger partial charge in [0.2, 0.25) is 0 Å². The van der Waals surface area contributed by atoms with Gasteiger partial charge >= 0.3 is 0 Å². The minimum Gasteiger partial charge on any atom is -0.179 e. The molecule has 1 rings (SSSR count). The van der Waals surface area contributed by atoms with E-state index in [1.54, 1.807) is 0 Å². The van der Waals surface area contributed by atoms with Crippen molar-refractivity contribution in [1.82, 2.24) is 0 Å². The fraction of sp³-hybridized carbons (Fsp3) is 1.00. The molecule has 0 radical (unpaired) electrons. The summed E-state index contributed by atoms with van der Waals surface area (Å²) >= 11 is 2.03. The maximum atomic E-state index is 4.53. The van der Waals surface area contributed by atoms with Crippen LogP contribution < -0.4 is 0 Å². The summed E-state index contributed by atoms with van der Waals surface area (Å²) in [6.07, 6.45) is 27.9. The average Bonchev–Trinajstić information content (AvgIpc) is 3.13. The summed E-state index contributed by atoms with van der Waals surface area (Å²) in [4.78, 5) is 0. The predicted molar refractivity (Wildman–Crippen MR) is 124 cm³/mol. The molecule has 0 saturated heterocycles.